The fourth-order valence-electron chi connectivity index (χ4n) is 0.945. The Hall–Kier alpha value is -0.370. The van der Waals surface area contributed by atoms with E-state index in [1.165, 1.54) is 6.20 Å². The third kappa shape index (κ3) is 5.20. The van der Waals surface area contributed by atoms with E-state index in [0.29, 0.717) is 16.7 Å². The molecule has 0 aliphatic heterocycles. The van der Waals surface area contributed by atoms with E-state index in [1.807, 2.05) is 13.8 Å². The Morgan fingerprint density at radius 3 is 2.71 bits per heavy atom. The van der Waals surface area contributed by atoms with Gasteiger partial charge < -0.3 is 0 Å². The molecule has 0 saturated heterocycles. The minimum Gasteiger partial charge on any atom is -0.269 e. The van der Waals surface area contributed by atoms with Crippen molar-refractivity contribution in [2.24, 2.45) is 5.92 Å². The molecule has 8 heteroatoms. The maximum Gasteiger partial charge on any atom is 0.299 e. The number of nitrogens with one attached hydrogen (secondary N) is 2. The summed E-state index contributed by atoms with van der Waals surface area (Å²) in [6.07, 6.45) is 1.35. The number of anilines is 1. The van der Waals surface area contributed by atoms with Crippen LogP contribution in [-0.4, -0.2) is 19.9 Å². The Morgan fingerprint density at radius 1 is 1.53 bits per heavy atom. The highest BCUT2D eigenvalue weighted by Crippen LogP contribution is 2.23. The van der Waals surface area contributed by atoms with Crippen molar-refractivity contribution in [3.63, 3.8) is 0 Å². The smallest absolute Gasteiger partial charge is 0.269 e. The van der Waals surface area contributed by atoms with Crippen LogP contribution in [0.25, 0.3) is 0 Å². The SMILES string of the molecule is CC(C)CNS(=O)(=O)Nc1cnc(Cl)c(Br)c1. The maximum atomic E-state index is 11.6. The van der Waals surface area contributed by atoms with E-state index in [1.54, 1.807) is 6.07 Å². The summed E-state index contributed by atoms with van der Waals surface area (Å²) in [6.45, 7) is 4.21. The van der Waals surface area contributed by atoms with Crippen LogP contribution in [0, 0.1) is 5.92 Å². The van der Waals surface area contributed by atoms with Crippen molar-refractivity contribution >= 4 is 43.4 Å². The van der Waals surface area contributed by atoms with Crippen molar-refractivity contribution in [2.45, 2.75) is 13.8 Å². The number of halogens is 2. The molecule has 0 fully saturated rings. The van der Waals surface area contributed by atoms with Crippen molar-refractivity contribution < 1.29 is 8.42 Å². The highest BCUT2D eigenvalue weighted by Gasteiger charge is 2.11. The van der Waals surface area contributed by atoms with Crippen molar-refractivity contribution in [3.05, 3.63) is 21.9 Å². The number of aromatic nitrogens is 1. The second-order valence-electron chi connectivity index (χ2n) is 3.84. The first-order valence-corrected chi connectivity index (χ1v) is 7.54. The average molecular weight is 343 g/mol. The van der Waals surface area contributed by atoms with Crippen LogP contribution in [0.2, 0.25) is 5.15 Å². The van der Waals surface area contributed by atoms with Gasteiger partial charge in [-0.15, -0.1) is 0 Å². The van der Waals surface area contributed by atoms with Crippen molar-refractivity contribution in [1.29, 1.82) is 0 Å². The first kappa shape index (κ1) is 14.7. The summed E-state index contributed by atoms with van der Waals surface area (Å²) in [5.74, 6) is 0.238. The lowest BCUT2D eigenvalue weighted by atomic mass is 10.2. The van der Waals surface area contributed by atoms with E-state index in [9.17, 15) is 8.42 Å². The van der Waals surface area contributed by atoms with Gasteiger partial charge in [0.2, 0.25) is 0 Å². The molecule has 0 aromatic carbocycles. The molecule has 1 aromatic heterocycles. The summed E-state index contributed by atoms with van der Waals surface area (Å²) < 4.78 is 28.5. The Bertz CT molecular complexity index is 493. The monoisotopic (exact) mass is 341 g/mol. The molecular formula is C9H13BrClN3O2S. The van der Waals surface area contributed by atoms with Crippen LogP contribution in [0.5, 0.6) is 0 Å². The molecule has 0 radical (unpaired) electrons. The minimum atomic E-state index is -3.56. The highest BCUT2D eigenvalue weighted by atomic mass is 79.9. The number of hydrogen-bond acceptors (Lipinski definition) is 3. The van der Waals surface area contributed by atoms with Crippen LogP contribution >= 0.6 is 27.5 Å². The molecule has 0 aliphatic rings. The fourth-order valence-corrected chi connectivity index (χ4v) is 2.44. The van der Waals surface area contributed by atoms with Gasteiger partial charge in [0.1, 0.15) is 5.15 Å². The zero-order chi connectivity index (χ0) is 13.1. The topological polar surface area (TPSA) is 71.1 Å². The quantitative estimate of drug-likeness (QED) is 0.807. The van der Waals surface area contributed by atoms with Gasteiger partial charge in [0.25, 0.3) is 10.2 Å². The molecule has 2 N–H and O–H groups in total. The molecule has 1 rings (SSSR count). The molecule has 0 amide bonds. The molecular weight excluding hydrogens is 330 g/mol. The summed E-state index contributed by atoms with van der Waals surface area (Å²) in [5.41, 5.74) is 0.345. The van der Waals surface area contributed by atoms with Crippen LogP contribution in [0.1, 0.15) is 13.8 Å². The average Bonchev–Trinajstić information content (AvgIpc) is 2.21. The second-order valence-corrected chi connectivity index (χ2v) is 6.56. The normalized spacial score (nSPS) is 11.8. The van der Waals surface area contributed by atoms with Crippen molar-refractivity contribution in [2.75, 3.05) is 11.3 Å². The highest BCUT2D eigenvalue weighted by molar-refractivity contribution is 9.10. The molecule has 96 valence electrons. The zero-order valence-corrected chi connectivity index (χ0v) is 12.5. The predicted molar refractivity (Wildman–Crippen MR) is 72.3 cm³/mol. The molecule has 0 bridgehead atoms. The molecule has 0 saturated carbocycles. The standard InChI is InChI=1S/C9H13BrClN3O2S/c1-6(2)4-13-17(15,16)14-7-3-8(10)9(11)12-5-7/h3,5-6,13-14H,4H2,1-2H3. The lowest BCUT2D eigenvalue weighted by Gasteiger charge is -2.10. The van der Waals surface area contributed by atoms with Crippen LogP contribution in [0.4, 0.5) is 5.69 Å². The molecule has 1 heterocycles. The lowest BCUT2D eigenvalue weighted by molar-refractivity contribution is 0.565. The second kappa shape index (κ2) is 5.99. The number of pyridine rings is 1. The van der Waals surface area contributed by atoms with Crippen LogP contribution < -0.4 is 9.44 Å². The van der Waals surface area contributed by atoms with Gasteiger partial charge in [-0.2, -0.15) is 13.1 Å². The van der Waals surface area contributed by atoms with Gasteiger partial charge in [-0.05, 0) is 27.9 Å². The number of nitrogens with zero attached hydrogens (tertiary/aromatic N) is 1. The number of rotatable bonds is 5. The van der Waals surface area contributed by atoms with E-state index in [2.05, 4.69) is 30.4 Å². The zero-order valence-electron chi connectivity index (χ0n) is 9.37. The maximum absolute atomic E-state index is 11.6. The van der Waals surface area contributed by atoms with Gasteiger partial charge in [0.15, 0.2) is 0 Å². The molecule has 1 aromatic rings. The van der Waals surface area contributed by atoms with Gasteiger partial charge in [-0.1, -0.05) is 25.4 Å². The van der Waals surface area contributed by atoms with E-state index in [0.717, 1.165) is 0 Å². The van der Waals surface area contributed by atoms with E-state index in [-0.39, 0.29) is 11.1 Å². The Morgan fingerprint density at radius 2 is 2.18 bits per heavy atom. The molecule has 0 atom stereocenters. The number of hydrogen-bond donors (Lipinski definition) is 2. The summed E-state index contributed by atoms with van der Waals surface area (Å²) in [4.78, 5) is 3.82. The molecule has 0 spiro atoms. The van der Waals surface area contributed by atoms with Crippen LogP contribution in [0.15, 0.2) is 16.7 Å². The predicted octanol–water partition coefficient (Wildman–Crippen LogP) is 2.40. The summed E-state index contributed by atoms with van der Waals surface area (Å²) in [6, 6.07) is 1.55. The first-order valence-electron chi connectivity index (χ1n) is 4.88. The van der Waals surface area contributed by atoms with Crippen molar-refractivity contribution in [1.82, 2.24) is 9.71 Å². The van der Waals surface area contributed by atoms with E-state index < -0.39 is 10.2 Å². The van der Waals surface area contributed by atoms with Crippen LogP contribution in [0.3, 0.4) is 0 Å². The van der Waals surface area contributed by atoms with Gasteiger partial charge in [0.05, 0.1) is 16.4 Å². The molecule has 0 aliphatic carbocycles. The van der Waals surface area contributed by atoms with E-state index >= 15 is 0 Å². The minimum absolute atomic E-state index is 0.238. The third-order valence-electron chi connectivity index (χ3n) is 1.73. The Kier molecular flexibility index (Phi) is 5.18. The summed E-state index contributed by atoms with van der Waals surface area (Å²) in [5, 5.41) is 0.281. The lowest BCUT2D eigenvalue weighted by Crippen LogP contribution is -2.32. The largest absolute Gasteiger partial charge is 0.299 e. The third-order valence-corrected chi connectivity index (χ3v) is 3.92. The summed E-state index contributed by atoms with van der Waals surface area (Å²) in [7, 11) is -3.56. The molecule has 5 nitrogen and oxygen atoms in total. The first-order chi connectivity index (χ1) is 7.80. The molecule has 0 unspecified atom stereocenters. The van der Waals surface area contributed by atoms with E-state index in [4.69, 9.17) is 11.6 Å². The Labute approximate surface area is 114 Å². The van der Waals surface area contributed by atoms with Crippen LogP contribution in [-0.2, 0) is 10.2 Å². The Balaban J connectivity index is 2.73. The van der Waals surface area contributed by atoms with Gasteiger partial charge in [-0.25, -0.2) is 4.98 Å². The fraction of sp³-hybridized carbons (Fsp3) is 0.444. The van der Waals surface area contributed by atoms with Gasteiger partial charge in [-0.3, -0.25) is 4.72 Å². The summed E-state index contributed by atoms with van der Waals surface area (Å²) >= 11 is 8.87. The molecule has 17 heavy (non-hydrogen) atoms. The van der Waals surface area contributed by atoms with Gasteiger partial charge in [0, 0.05) is 6.54 Å². The van der Waals surface area contributed by atoms with Crippen molar-refractivity contribution in [3.8, 4) is 0 Å². The van der Waals surface area contributed by atoms with Gasteiger partial charge >= 0.3 is 0 Å².